The number of halogens is 3. The molecule has 2 aliphatic rings. The van der Waals surface area contributed by atoms with E-state index in [9.17, 15) is 18.0 Å². The number of fused-ring (bicyclic) bond motifs is 1. The fraction of sp³-hybridized carbons (Fsp3) is 0.333. The van der Waals surface area contributed by atoms with Crippen LogP contribution >= 0.6 is 0 Å². The Bertz CT molecular complexity index is 1270. The molecular formula is C24H22F3N5O2. The Morgan fingerprint density at radius 2 is 1.85 bits per heavy atom. The van der Waals surface area contributed by atoms with Gasteiger partial charge in [-0.3, -0.25) is 9.79 Å². The van der Waals surface area contributed by atoms with Gasteiger partial charge in [-0.25, -0.2) is 23.1 Å². The van der Waals surface area contributed by atoms with E-state index in [1.807, 2.05) is 0 Å². The minimum absolute atomic E-state index is 0.181. The Labute approximate surface area is 193 Å². The average molecular weight is 469 g/mol. The van der Waals surface area contributed by atoms with Gasteiger partial charge in [-0.05, 0) is 36.5 Å². The molecule has 1 fully saturated rings. The Kier molecular flexibility index (Phi) is 5.80. The van der Waals surface area contributed by atoms with Gasteiger partial charge in [0, 0.05) is 43.8 Å². The highest BCUT2D eigenvalue weighted by Crippen LogP contribution is 2.28. The molecule has 2 aromatic carbocycles. The van der Waals surface area contributed by atoms with Crippen molar-refractivity contribution in [3.05, 3.63) is 53.3 Å². The fourth-order valence-corrected chi connectivity index (χ4v) is 4.47. The second-order valence-electron chi connectivity index (χ2n) is 8.66. The summed E-state index contributed by atoms with van der Waals surface area (Å²) in [7, 11) is 0. The number of carboxylic acids is 1. The highest BCUT2D eigenvalue weighted by Gasteiger charge is 2.25. The Morgan fingerprint density at radius 1 is 1.09 bits per heavy atom. The molecule has 0 saturated carbocycles. The number of H-pyrrole nitrogens is 1. The number of aromatic amines is 1. The van der Waals surface area contributed by atoms with Crippen molar-refractivity contribution in [2.45, 2.75) is 25.2 Å². The zero-order chi connectivity index (χ0) is 23.8. The number of rotatable bonds is 4. The van der Waals surface area contributed by atoms with Crippen molar-refractivity contribution in [1.82, 2.24) is 14.9 Å². The summed E-state index contributed by atoms with van der Waals surface area (Å²) < 4.78 is 41.9. The van der Waals surface area contributed by atoms with Crippen LogP contribution in [0.5, 0.6) is 0 Å². The summed E-state index contributed by atoms with van der Waals surface area (Å²) in [4.78, 5) is 29.0. The molecule has 0 spiro atoms. The maximum Gasteiger partial charge on any atom is 0.303 e. The molecule has 0 aliphatic carbocycles. The highest BCUT2D eigenvalue weighted by molar-refractivity contribution is 5.92. The number of carbonyl (C=O) groups is 1. The lowest BCUT2D eigenvalue weighted by atomic mass is 9.94. The third-order valence-corrected chi connectivity index (χ3v) is 6.36. The molecule has 34 heavy (non-hydrogen) atoms. The van der Waals surface area contributed by atoms with Crippen LogP contribution in [0.25, 0.3) is 22.4 Å². The minimum atomic E-state index is -1.01. The van der Waals surface area contributed by atoms with Crippen molar-refractivity contribution in [2.24, 2.45) is 15.9 Å². The molecule has 2 aliphatic heterocycles. The van der Waals surface area contributed by atoms with Crippen molar-refractivity contribution >= 4 is 29.2 Å². The topological polar surface area (TPSA) is 93.9 Å². The van der Waals surface area contributed by atoms with Crippen LogP contribution in [0.2, 0.25) is 0 Å². The summed E-state index contributed by atoms with van der Waals surface area (Å²) in [6.07, 6.45) is 3.53. The van der Waals surface area contributed by atoms with Crippen LogP contribution in [0, 0.1) is 23.4 Å². The second-order valence-corrected chi connectivity index (χ2v) is 8.66. The lowest BCUT2D eigenvalue weighted by molar-refractivity contribution is -0.138. The molecule has 10 heteroatoms. The van der Waals surface area contributed by atoms with Crippen molar-refractivity contribution in [2.75, 3.05) is 19.6 Å². The molecule has 1 saturated heterocycles. The number of benzene rings is 2. The summed E-state index contributed by atoms with van der Waals surface area (Å²) in [6.45, 7) is 1.86. The molecule has 0 bridgehead atoms. The molecule has 7 nitrogen and oxygen atoms in total. The molecule has 5 rings (SSSR count). The number of nitrogens with zero attached hydrogens (tertiary/aromatic N) is 4. The maximum absolute atomic E-state index is 14.9. The molecule has 0 amide bonds. The number of imidazole rings is 1. The van der Waals surface area contributed by atoms with E-state index in [-0.39, 0.29) is 40.7 Å². The summed E-state index contributed by atoms with van der Waals surface area (Å²) in [5, 5.41) is 8.95. The van der Waals surface area contributed by atoms with Gasteiger partial charge < -0.3 is 15.0 Å². The predicted molar refractivity (Wildman–Crippen MR) is 121 cm³/mol. The van der Waals surface area contributed by atoms with Crippen LogP contribution in [0.4, 0.5) is 13.2 Å². The van der Waals surface area contributed by atoms with Gasteiger partial charge >= 0.3 is 5.97 Å². The van der Waals surface area contributed by atoms with Crippen LogP contribution in [-0.4, -0.2) is 57.8 Å². The van der Waals surface area contributed by atoms with E-state index < -0.39 is 23.4 Å². The molecule has 1 atom stereocenters. The number of nitrogens with one attached hydrogen (secondary N) is 1. The minimum Gasteiger partial charge on any atom is -0.481 e. The Balaban J connectivity index is 1.27. The van der Waals surface area contributed by atoms with Crippen LogP contribution in [0.15, 0.2) is 40.3 Å². The summed E-state index contributed by atoms with van der Waals surface area (Å²) in [6, 6.07) is 6.71. The number of hydrogen-bond acceptors (Lipinski definition) is 5. The van der Waals surface area contributed by atoms with Crippen molar-refractivity contribution in [1.29, 1.82) is 0 Å². The van der Waals surface area contributed by atoms with Gasteiger partial charge in [0.2, 0.25) is 5.96 Å². The number of carboxylic acid groups (broad SMARTS) is 1. The molecule has 176 valence electrons. The number of guanidine groups is 1. The largest absolute Gasteiger partial charge is 0.481 e. The number of piperidine rings is 1. The van der Waals surface area contributed by atoms with Gasteiger partial charge in [-0.15, -0.1) is 0 Å². The van der Waals surface area contributed by atoms with E-state index in [4.69, 9.17) is 5.11 Å². The zero-order valence-corrected chi connectivity index (χ0v) is 18.1. The molecule has 2 N–H and O–H groups in total. The monoisotopic (exact) mass is 469 g/mol. The molecule has 0 radical (unpaired) electrons. The van der Waals surface area contributed by atoms with Gasteiger partial charge in [0.25, 0.3) is 0 Å². The smallest absolute Gasteiger partial charge is 0.303 e. The first-order valence-corrected chi connectivity index (χ1v) is 11.1. The highest BCUT2D eigenvalue weighted by atomic mass is 19.2. The van der Waals surface area contributed by atoms with Gasteiger partial charge in [0.05, 0.1) is 23.1 Å². The van der Waals surface area contributed by atoms with Crippen LogP contribution < -0.4 is 0 Å². The molecule has 1 unspecified atom stereocenters. The van der Waals surface area contributed by atoms with Crippen LogP contribution in [0.3, 0.4) is 0 Å². The molecule has 3 aromatic rings. The van der Waals surface area contributed by atoms with Crippen molar-refractivity contribution in [3.8, 4) is 11.4 Å². The first-order chi connectivity index (χ1) is 16.4. The van der Waals surface area contributed by atoms with Crippen molar-refractivity contribution < 1.29 is 23.1 Å². The number of aromatic nitrogens is 2. The summed E-state index contributed by atoms with van der Waals surface area (Å²) in [5.74, 6) is -2.48. The van der Waals surface area contributed by atoms with Gasteiger partial charge in [-0.1, -0.05) is 6.07 Å². The number of hydrogen-bond donors (Lipinski definition) is 2. The Morgan fingerprint density at radius 3 is 2.53 bits per heavy atom. The van der Waals surface area contributed by atoms with E-state index in [0.29, 0.717) is 31.2 Å². The van der Waals surface area contributed by atoms with E-state index >= 15 is 0 Å². The fourth-order valence-electron chi connectivity index (χ4n) is 4.47. The van der Waals surface area contributed by atoms with E-state index in [1.54, 1.807) is 18.3 Å². The van der Waals surface area contributed by atoms with Crippen LogP contribution in [0.1, 0.15) is 30.7 Å². The van der Waals surface area contributed by atoms with E-state index in [0.717, 1.165) is 25.0 Å². The lowest BCUT2D eigenvalue weighted by Crippen LogP contribution is -2.39. The Hall–Kier alpha value is -3.69. The first kappa shape index (κ1) is 22.1. The van der Waals surface area contributed by atoms with Crippen molar-refractivity contribution in [3.63, 3.8) is 0 Å². The van der Waals surface area contributed by atoms with E-state index in [2.05, 4.69) is 24.9 Å². The van der Waals surface area contributed by atoms with E-state index in [1.165, 1.54) is 6.07 Å². The van der Waals surface area contributed by atoms with Gasteiger partial charge in [0.15, 0.2) is 11.6 Å². The maximum atomic E-state index is 14.9. The van der Waals surface area contributed by atoms with Crippen LogP contribution in [-0.2, 0) is 4.79 Å². The second kappa shape index (κ2) is 8.92. The summed E-state index contributed by atoms with van der Waals surface area (Å²) in [5.41, 5.74) is 1.40. The summed E-state index contributed by atoms with van der Waals surface area (Å²) >= 11 is 0. The zero-order valence-electron chi connectivity index (χ0n) is 18.1. The molecule has 1 aromatic heterocycles. The SMILES string of the molecule is O=C(O)CC1CCN(C2=NCC(c3ccc(-c4nc5cc(F)c(F)cc5[nH]4)c(F)c3)C=N2)CC1. The lowest BCUT2D eigenvalue weighted by Gasteiger charge is -2.33. The van der Waals surface area contributed by atoms with Gasteiger partial charge in [-0.2, -0.15) is 0 Å². The third-order valence-electron chi connectivity index (χ3n) is 6.36. The number of likely N-dealkylation sites (tertiary alicyclic amines) is 1. The predicted octanol–water partition coefficient (Wildman–Crippen LogP) is 4.36. The quantitative estimate of drug-likeness (QED) is 0.594. The van der Waals surface area contributed by atoms with Gasteiger partial charge in [0.1, 0.15) is 11.6 Å². The standard InChI is InChI=1S/C24H22F3N5O2/c25-17-8-14(1-2-16(17)23-30-20-9-18(26)19(27)10-21(20)31-23)15-11-28-24(29-12-15)32-5-3-13(4-6-32)7-22(33)34/h1-2,8-11,13,15H,3-7,12H2,(H,30,31)(H,33,34). The number of aliphatic carboxylic acids is 1. The normalized spacial score (nSPS) is 19.0. The third kappa shape index (κ3) is 4.40. The molecular weight excluding hydrogens is 447 g/mol. The molecule has 3 heterocycles. The first-order valence-electron chi connectivity index (χ1n) is 11.1. The number of aliphatic imine (C=N–C) groups is 2. The average Bonchev–Trinajstić information content (AvgIpc) is 3.22.